The third-order valence-electron chi connectivity index (χ3n) is 16.9. The molecule has 4 saturated carbocycles. The molecule has 1 atom stereocenters. The first-order chi connectivity index (χ1) is 37.6. The molecule has 1 saturated heterocycles. The van der Waals surface area contributed by atoms with E-state index in [1.54, 1.807) is 87.8 Å². The Morgan fingerprint density at radius 1 is 0.722 bits per heavy atom. The number of carboxylic acids is 4. The van der Waals surface area contributed by atoms with Gasteiger partial charge in [0.25, 0.3) is 11.8 Å². The van der Waals surface area contributed by atoms with Gasteiger partial charge in [0, 0.05) is 78.4 Å². The third-order valence-corrected chi connectivity index (χ3v) is 16.9. The fourth-order valence-corrected chi connectivity index (χ4v) is 12.9. The Balaban J connectivity index is 0.955. The van der Waals surface area contributed by atoms with Gasteiger partial charge in [-0.2, -0.15) is 5.10 Å². The monoisotopic (exact) mass is 1100 g/mol. The van der Waals surface area contributed by atoms with Crippen LogP contribution in [0.3, 0.4) is 0 Å². The molecule has 5 N–H and O–H groups in total. The van der Waals surface area contributed by atoms with E-state index in [0.29, 0.717) is 98.0 Å². The summed E-state index contributed by atoms with van der Waals surface area (Å²) in [5.74, 6) is -3.61. The lowest BCUT2D eigenvalue weighted by atomic mass is 9.48. The first kappa shape index (κ1) is 60.0. The molecule has 79 heavy (non-hydrogen) atoms. The predicted octanol–water partition coefficient (Wildman–Crippen LogP) is 4.25. The van der Waals surface area contributed by atoms with Crippen LogP contribution in [0.1, 0.15) is 104 Å². The number of rotatable bonds is 26. The van der Waals surface area contributed by atoms with E-state index in [2.05, 4.69) is 10.2 Å². The van der Waals surface area contributed by atoms with Crippen LogP contribution in [-0.4, -0.2) is 227 Å². The molecule has 3 amide bonds. The third kappa shape index (κ3) is 14.2. The quantitative estimate of drug-likeness (QED) is 0.0752. The van der Waals surface area contributed by atoms with Crippen LogP contribution in [0.2, 0.25) is 0 Å². The fourth-order valence-electron chi connectivity index (χ4n) is 12.9. The van der Waals surface area contributed by atoms with E-state index in [-0.39, 0.29) is 87.4 Å². The predicted molar refractivity (Wildman–Crippen MR) is 293 cm³/mol. The van der Waals surface area contributed by atoms with Gasteiger partial charge in [0.05, 0.1) is 44.3 Å². The van der Waals surface area contributed by atoms with Gasteiger partial charge in [0.15, 0.2) is 5.69 Å². The maximum Gasteiger partial charge on any atom is 0.330 e. The van der Waals surface area contributed by atoms with Crippen molar-refractivity contribution in [1.82, 2.24) is 44.5 Å². The number of benzene rings is 2. The smallest absolute Gasteiger partial charge is 0.330 e. The Kier molecular flexibility index (Phi) is 20.2. The zero-order valence-corrected chi connectivity index (χ0v) is 46.9. The molecule has 4 aliphatic carbocycles. The number of nitrogens with one attached hydrogen (secondary N) is 1. The number of aromatic nitrogens is 2. The minimum absolute atomic E-state index is 0.0147. The summed E-state index contributed by atoms with van der Waals surface area (Å²) >= 11 is 0. The van der Waals surface area contributed by atoms with Gasteiger partial charge in [-0.15, -0.1) is 0 Å². The molecule has 3 aromatic rings. The number of carboxylic acid groups (broad SMARTS) is 4. The molecule has 2 heterocycles. The number of carbonyl (C=O) groups is 7. The Bertz CT molecular complexity index is 2620. The zero-order chi connectivity index (χ0) is 57.3. The summed E-state index contributed by atoms with van der Waals surface area (Å²) in [5, 5.41) is 47.9. The van der Waals surface area contributed by atoms with E-state index in [9.17, 15) is 54.0 Å². The van der Waals surface area contributed by atoms with Crippen LogP contribution < -0.4 is 14.8 Å². The summed E-state index contributed by atoms with van der Waals surface area (Å²) in [6.45, 7) is 7.48. The van der Waals surface area contributed by atoms with Crippen LogP contribution in [0, 0.1) is 23.7 Å². The van der Waals surface area contributed by atoms with Crippen molar-refractivity contribution in [2.45, 2.75) is 89.1 Å². The maximum absolute atomic E-state index is 14.5. The van der Waals surface area contributed by atoms with Crippen molar-refractivity contribution >= 4 is 41.6 Å². The summed E-state index contributed by atoms with van der Waals surface area (Å²) < 4.78 is 13.3. The van der Waals surface area contributed by atoms with E-state index < -0.39 is 41.4 Å². The van der Waals surface area contributed by atoms with Crippen molar-refractivity contribution in [2.24, 2.45) is 23.7 Å². The molecule has 2 aromatic carbocycles. The second-order valence-electron chi connectivity index (χ2n) is 22.5. The molecule has 5 aliphatic rings. The van der Waals surface area contributed by atoms with E-state index in [1.807, 2.05) is 33.0 Å². The highest BCUT2D eigenvalue weighted by Gasteiger charge is 2.62. The molecule has 22 heteroatoms. The van der Waals surface area contributed by atoms with E-state index in [0.717, 1.165) is 37.7 Å². The van der Waals surface area contributed by atoms with Crippen molar-refractivity contribution in [2.75, 3.05) is 114 Å². The number of methoxy groups -OCH3 is 2. The molecule has 22 nitrogen and oxygen atoms in total. The zero-order valence-electron chi connectivity index (χ0n) is 46.9. The van der Waals surface area contributed by atoms with Gasteiger partial charge in [-0.05, 0) is 143 Å². The van der Waals surface area contributed by atoms with Crippen LogP contribution in [0.5, 0.6) is 11.5 Å². The molecule has 0 spiro atoms. The fraction of sp³-hybridized carbons (Fsp3) is 0.614. The molecule has 1 unspecified atom stereocenters. The largest absolute Gasteiger partial charge is 0.496 e. The Morgan fingerprint density at radius 2 is 1.27 bits per heavy atom. The lowest BCUT2D eigenvalue weighted by Gasteiger charge is -2.59. The topological polar surface area (TPSA) is 268 Å². The Morgan fingerprint density at radius 3 is 1.77 bits per heavy atom. The highest BCUT2D eigenvalue weighted by molar-refractivity contribution is 5.98. The molecule has 1 aromatic heterocycles. The molecule has 4 bridgehead atoms. The lowest BCUT2D eigenvalue weighted by molar-refractivity contribution is -0.163. The average molecular weight is 1100 g/mol. The normalized spacial score (nSPS) is 21.9. The van der Waals surface area contributed by atoms with E-state index in [4.69, 9.17) is 14.6 Å². The summed E-state index contributed by atoms with van der Waals surface area (Å²) in [7, 11) is 8.51. The van der Waals surface area contributed by atoms with Crippen LogP contribution in [0.15, 0.2) is 42.5 Å². The molecular weight excluding hydrogens is 1020 g/mol. The Labute approximate surface area is 462 Å². The molecule has 5 fully saturated rings. The molecule has 0 radical (unpaired) electrons. The number of carbonyl (C=O) groups excluding carboxylic acids is 3. The lowest BCUT2D eigenvalue weighted by Crippen LogP contribution is -2.70. The minimum Gasteiger partial charge on any atom is -0.496 e. The van der Waals surface area contributed by atoms with Gasteiger partial charge in [0.2, 0.25) is 5.91 Å². The number of hydrogen-bond acceptors (Lipinski definition) is 14. The van der Waals surface area contributed by atoms with Crippen LogP contribution in [-0.2, 0) is 24.0 Å². The standard InChI is InChI=1S/C57H81N9O13/c1-36(2)42-32-39(13-14-44(42)66-46(52-47(78-6)11-8-12-48(52)79-7)33-43(59-66)53(72)58-57(56(76)77)40-28-37-27-38(30-40)31-41(57)29-37)54(73)62(5)20-10-18-60(3)17-9-19-61(4)49(67)16-15-45(55(74)75)65-25-23-63(34-50(68)69)21-22-64(24-26-65)35-51(70)71/h8,11-14,32-33,36-38,40-41,45H,9-10,15-31,34-35H2,1-7H3,(H,58,72)(H,68,69)(H,70,71)(H,74,75)(H,76,77). The van der Waals surface area contributed by atoms with Crippen molar-refractivity contribution in [3.63, 3.8) is 0 Å². The second kappa shape index (κ2) is 26.6. The van der Waals surface area contributed by atoms with Crippen LogP contribution in [0.4, 0.5) is 0 Å². The van der Waals surface area contributed by atoms with Gasteiger partial charge < -0.3 is 49.9 Å². The SMILES string of the molecule is COc1cccc(OC)c1-c1cc(C(=O)NC2(C(=O)O)C3CC4CC(C3)CC2C4)nn1-c1ccc(C(=O)N(C)CCCN(C)CCCN(C)C(=O)CCC(C(=O)O)N2CCN(CC(=O)O)CCN(CC(=O)O)CC2)cc1C(C)C. The van der Waals surface area contributed by atoms with Crippen molar-refractivity contribution in [1.29, 1.82) is 0 Å². The number of aliphatic carboxylic acids is 4. The van der Waals surface area contributed by atoms with Crippen LogP contribution >= 0.6 is 0 Å². The summed E-state index contributed by atoms with van der Waals surface area (Å²) in [6.07, 6.45) is 5.61. The summed E-state index contributed by atoms with van der Waals surface area (Å²) in [5.41, 5.74) is 1.57. The van der Waals surface area contributed by atoms with E-state index in [1.165, 1.54) is 0 Å². The highest BCUT2D eigenvalue weighted by atomic mass is 16.5. The van der Waals surface area contributed by atoms with Crippen LogP contribution in [0.25, 0.3) is 16.9 Å². The number of nitrogens with zero attached hydrogens (tertiary/aromatic N) is 8. The number of hydrogen-bond donors (Lipinski definition) is 5. The summed E-state index contributed by atoms with van der Waals surface area (Å²) in [4.78, 5) is 101. The van der Waals surface area contributed by atoms with Crippen molar-refractivity contribution in [3.8, 4) is 28.4 Å². The second-order valence-corrected chi connectivity index (χ2v) is 22.5. The van der Waals surface area contributed by atoms with Gasteiger partial charge in [-0.1, -0.05) is 19.9 Å². The van der Waals surface area contributed by atoms with E-state index >= 15 is 0 Å². The number of amides is 3. The van der Waals surface area contributed by atoms with Gasteiger partial charge in [-0.25, -0.2) is 9.48 Å². The molecule has 8 rings (SSSR count). The van der Waals surface area contributed by atoms with Gasteiger partial charge in [-0.3, -0.25) is 43.5 Å². The Hall–Kier alpha value is -6.62. The first-order valence-electron chi connectivity index (χ1n) is 27.7. The maximum atomic E-state index is 14.5. The molecule has 432 valence electrons. The highest BCUT2D eigenvalue weighted by Crippen LogP contribution is 2.58. The molecular formula is C57H81N9O13. The van der Waals surface area contributed by atoms with Crippen molar-refractivity contribution in [3.05, 3.63) is 59.3 Å². The van der Waals surface area contributed by atoms with Gasteiger partial charge in [0.1, 0.15) is 23.1 Å². The van der Waals surface area contributed by atoms with Gasteiger partial charge >= 0.3 is 23.9 Å². The summed E-state index contributed by atoms with van der Waals surface area (Å²) in [6, 6.07) is 11.4. The van der Waals surface area contributed by atoms with Crippen molar-refractivity contribution < 1.29 is 63.5 Å². The average Bonchev–Trinajstić information content (AvgIpc) is 3.94. The minimum atomic E-state index is -1.38. The first-order valence-corrected chi connectivity index (χ1v) is 27.7. The molecule has 1 aliphatic heterocycles. The number of ether oxygens (including phenoxy) is 2.